The summed E-state index contributed by atoms with van der Waals surface area (Å²) in [6.07, 6.45) is 5.69. The van der Waals surface area contributed by atoms with Crippen LogP contribution in [-0.2, 0) is 9.47 Å². The van der Waals surface area contributed by atoms with E-state index in [0.29, 0.717) is 24.7 Å². The Kier molecular flexibility index (Phi) is 12.6. The van der Waals surface area contributed by atoms with Gasteiger partial charge >= 0.3 is 0 Å². The maximum Gasteiger partial charge on any atom is 0.185 e. The van der Waals surface area contributed by atoms with Crippen molar-refractivity contribution < 1.29 is 14.3 Å². The van der Waals surface area contributed by atoms with E-state index < -0.39 is 0 Å². The lowest BCUT2D eigenvalue weighted by Crippen LogP contribution is -2.14. The Morgan fingerprint density at radius 3 is 2.19 bits per heavy atom. The van der Waals surface area contributed by atoms with E-state index in [1.807, 2.05) is 13.8 Å². The Morgan fingerprint density at radius 1 is 0.926 bits per heavy atom. The van der Waals surface area contributed by atoms with Gasteiger partial charge in [-0.25, -0.2) is 0 Å². The summed E-state index contributed by atoms with van der Waals surface area (Å²) in [4.78, 5) is 11.8. The van der Waals surface area contributed by atoms with E-state index in [4.69, 9.17) is 9.47 Å². The minimum atomic E-state index is -0.0667. The largest absolute Gasteiger partial charge is 0.381 e. The molecular weight excluding hydrogens is 342 g/mol. The molecule has 0 radical (unpaired) electrons. The first-order valence-corrected chi connectivity index (χ1v) is 10.3. The molecule has 0 aliphatic heterocycles. The fraction of sp³-hybridized carbons (Fsp3) is 0.762. The summed E-state index contributed by atoms with van der Waals surface area (Å²) in [5.74, 6) is 1.37. The maximum absolute atomic E-state index is 11.8. The number of nitrogens with zero attached hydrogens (tertiary/aromatic N) is 2. The molecular formula is C21H37N3O3. The smallest absolute Gasteiger partial charge is 0.185 e. The van der Waals surface area contributed by atoms with Crippen molar-refractivity contribution in [1.82, 2.24) is 10.2 Å². The molecule has 6 heteroatoms. The normalized spacial score (nSPS) is 11.3. The molecule has 0 saturated heterocycles. The van der Waals surface area contributed by atoms with Gasteiger partial charge in [0.25, 0.3) is 0 Å². The summed E-state index contributed by atoms with van der Waals surface area (Å²) < 4.78 is 11.2. The van der Waals surface area contributed by atoms with Crippen LogP contribution in [0.4, 0.5) is 5.82 Å². The first-order chi connectivity index (χ1) is 13.0. The number of nitrogens with one attached hydrogen (secondary N) is 1. The summed E-state index contributed by atoms with van der Waals surface area (Å²) in [6, 6.07) is 3.49. The molecule has 0 aliphatic rings. The molecule has 0 bridgehead atoms. The van der Waals surface area contributed by atoms with Gasteiger partial charge in [-0.15, -0.1) is 10.2 Å². The Morgan fingerprint density at radius 2 is 1.59 bits per heavy atom. The van der Waals surface area contributed by atoms with Gasteiger partial charge in [0.15, 0.2) is 5.78 Å². The molecule has 1 aromatic heterocycles. The molecule has 0 fully saturated rings. The number of hydrogen-bond donors (Lipinski definition) is 1. The minimum Gasteiger partial charge on any atom is -0.381 e. The van der Waals surface area contributed by atoms with Crippen molar-refractivity contribution in [3.05, 3.63) is 17.8 Å². The molecule has 27 heavy (non-hydrogen) atoms. The van der Waals surface area contributed by atoms with E-state index >= 15 is 0 Å². The first kappa shape index (κ1) is 23.5. The molecule has 6 nitrogen and oxygen atoms in total. The number of rotatable bonds is 16. The van der Waals surface area contributed by atoms with Crippen molar-refractivity contribution >= 4 is 11.6 Å². The number of hydrogen-bond acceptors (Lipinski definition) is 6. The van der Waals surface area contributed by atoms with E-state index in [9.17, 15) is 4.79 Å². The highest BCUT2D eigenvalue weighted by Gasteiger charge is 2.12. The topological polar surface area (TPSA) is 73.3 Å². The molecule has 0 aliphatic carbocycles. The van der Waals surface area contributed by atoms with Crippen LogP contribution in [0.25, 0.3) is 0 Å². The van der Waals surface area contributed by atoms with Gasteiger partial charge in [0, 0.05) is 32.3 Å². The van der Waals surface area contributed by atoms with Crippen LogP contribution in [0.2, 0.25) is 0 Å². The number of anilines is 1. The monoisotopic (exact) mass is 379 g/mol. The van der Waals surface area contributed by atoms with Gasteiger partial charge in [-0.05, 0) is 50.2 Å². The summed E-state index contributed by atoms with van der Waals surface area (Å²) in [5, 5.41) is 11.1. The zero-order valence-corrected chi connectivity index (χ0v) is 17.5. The lowest BCUT2D eigenvalue weighted by molar-refractivity contribution is 0.0933. The third-order valence-corrected chi connectivity index (χ3v) is 4.14. The maximum atomic E-state index is 11.8. The number of Topliss-reactive ketones (excluding diaryl/α,β-unsaturated/α-hetero) is 1. The second-order valence-corrected chi connectivity index (χ2v) is 7.57. The predicted molar refractivity (Wildman–Crippen MR) is 109 cm³/mol. The molecule has 0 spiro atoms. The standard InChI is InChI=1S/C21H37N3O3/c1-17(2)9-8-15-26-13-6-5-7-14-27-16-12-22-20-11-10-19(23-24-20)21(25)18(3)4/h10-11,17-18H,5-9,12-16H2,1-4H3,(H,22,24). The molecule has 0 atom stereocenters. The van der Waals surface area contributed by atoms with Gasteiger partial charge in [0.1, 0.15) is 11.5 Å². The Hall–Kier alpha value is -1.53. The van der Waals surface area contributed by atoms with Crippen molar-refractivity contribution in [2.45, 2.75) is 59.8 Å². The lowest BCUT2D eigenvalue weighted by Gasteiger charge is -2.08. The van der Waals surface area contributed by atoms with Gasteiger partial charge in [-0.1, -0.05) is 27.7 Å². The van der Waals surface area contributed by atoms with Crippen LogP contribution in [0.5, 0.6) is 0 Å². The number of carbonyl (C=O) groups excluding carboxylic acids is 1. The Bertz CT molecular complexity index is 504. The quantitative estimate of drug-likeness (QED) is 0.340. The van der Waals surface area contributed by atoms with Crippen molar-refractivity contribution in [1.29, 1.82) is 0 Å². The number of ketones is 1. The lowest BCUT2D eigenvalue weighted by atomic mass is 10.1. The molecule has 154 valence electrons. The molecule has 1 rings (SSSR count). The van der Waals surface area contributed by atoms with E-state index in [1.165, 1.54) is 6.42 Å². The first-order valence-electron chi connectivity index (χ1n) is 10.3. The number of aromatic nitrogens is 2. The van der Waals surface area contributed by atoms with Crippen molar-refractivity contribution in [3.8, 4) is 0 Å². The van der Waals surface area contributed by atoms with E-state index in [1.54, 1.807) is 12.1 Å². The Labute approximate surface area is 164 Å². The number of unbranched alkanes of at least 4 members (excludes halogenated alkanes) is 2. The molecule has 1 heterocycles. The third-order valence-electron chi connectivity index (χ3n) is 4.14. The van der Waals surface area contributed by atoms with Crippen molar-refractivity contribution in [2.75, 3.05) is 38.3 Å². The van der Waals surface area contributed by atoms with Crippen LogP contribution >= 0.6 is 0 Å². The zero-order valence-electron chi connectivity index (χ0n) is 17.5. The summed E-state index contributed by atoms with van der Waals surface area (Å²) in [7, 11) is 0. The number of carbonyl (C=O) groups is 1. The average Bonchev–Trinajstić information content (AvgIpc) is 2.65. The van der Waals surface area contributed by atoms with Gasteiger partial charge in [-0.3, -0.25) is 4.79 Å². The highest BCUT2D eigenvalue weighted by atomic mass is 16.5. The fourth-order valence-electron chi connectivity index (χ4n) is 2.49. The van der Waals surface area contributed by atoms with Crippen LogP contribution in [-0.4, -0.2) is 49.0 Å². The van der Waals surface area contributed by atoms with E-state index in [2.05, 4.69) is 29.4 Å². The van der Waals surface area contributed by atoms with Crippen LogP contribution in [0, 0.1) is 11.8 Å². The van der Waals surface area contributed by atoms with Gasteiger partial charge in [0.2, 0.25) is 0 Å². The molecule has 0 aromatic carbocycles. The van der Waals surface area contributed by atoms with Crippen LogP contribution in [0.15, 0.2) is 12.1 Å². The highest BCUT2D eigenvalue weighted by Crippen LogP contribution is 2.07. The second-order valence-electron chi connectivity index (χ2n) is 7.57. The molecule has 1 aromatic rings. The molecule has 1 N–H and O–H groups in total. The van der Waals surface area contributed by atoms with Crippen LogP contribution in [0.1, 0.15) is 70.3 Å². The number of ether oxygens (including phenoxy) is 2. The molecule has 0 amide bonds. The summed E-state index contributed by atoms with van der Waals surface area (Å²) >= 11 is 0. The van der Waals surface area contributed by atoms with Gasteiger partial charge in [0.05, 0.1) is 6.61 Å². The van der Waals surface area contributed by atoms with Crippen molar-refractivity contribution in [3.63, 3.8) is 0 Å². The SMILES string of the molecule is CC(C)CCCOCCCCCOCCNc1ccc(C(=O)C(C)C)nn1. The van der Waals surface area contributed by atoms with Gasteiger partial charge < -0.3 is 14.8 Å². The van der Waals surface area contributed by atoms with Crippen LogP contribution in [0.3, 0.4) is 0 Å². The van der Waals surface area contributed by atoms with E-state index in [0.717, 1.165) is 51.4 Å². The molecule has 0 unspecified atom stereocenters. The fourth-order valence-corrected chi connectivity index (χ4v) is 2.49. The Balaban J connectivity index is 1.94. The summed E-state index contributed by atoms with van der Waals surface area (Å²) in [5.41, 5.74) is 0.413. The molecule has 0 saturated carbocycles. The highest BCUT2D eigenvalue weighted by molar-refractivity contribution is 5.95. The van der Waals surface area contributed by atoms with E-state index in [-0.39, 0.29) is 11.7 Å². The van der Waals surface area contributed by atoms with Gasteiger partial charge in [-0.2, -0.15) is 0 Å². The van der Waals surface area contributed by atoms with Crippen LogP contribution < -0.4 is 5.32 Å². The zero-order chi connectivity index (χ0) is 19.9. The average molecular weight is 380 g/mol. The predicted octanol–water partition coefficient (Wildman–Crippen LogP) is 4.37. The third kappa shape index (κ3) is 11.7. The minimum absolute atomic E-state index is 0.0124. The van der Waals surface area contributed by atoms with Crippen molar-refractivity contribution in [2.24, 2.45) is 11.8 Å². The second kappa shape index (κ2) is 14.5. The summed E-state index contributed by atoms with van der Waals surface area (Å²) in [6.45, 7) is 12.0.